The van der Waals surface area contributed by atoms with Crippen LogP contribution in [0.2, 0.25) is 0 Å². The van der Waals surface area contributed by atoms with Gasteiger partial charge in [0.2, 0.25) is 0 Å². The highest BCUT2D eigenvalue weighted by Crippen LogP contribution is 2.51. The molecule has 208 valence electrons. The van der Waals surface area contributed by atoms with Crippen LogP contribution < -0.4 is 9.47 Å². The van der Waals surface area contributed by atoms with E-state index >= 15 is 0 Å². The number of carbonyl (C=O) groups excluding carboxylic acids is 1. The first-order valence-electron chi connectivity index (χ1n) is 14.4. The molecule has 0 bridgehead atoms. The van der Waals surface area contributed by atoms with Crippen molar-refractivity contribution in [2.24, 2.45) is 0 Å². The number of methoxy groups -OCH3 is 2. The largest absolute Gasteiger partial charge is 0.497 e. The molecule has 5 aromatic rings. The Bertz CT molecular complexity index is 1790. The number of rotatable bonds is 6. The predicted molar refractivity (Wildman–Crippen MR) is 167 cm³/mol. The highest BCUT2D eigenvalue weighted by molar-refractivity contribution is 6.09. The Morgan fingerprint density at radius 2 is 1.21 bits per heavy atom. The van der Waals surface area contributed by atoms with Crippen molar-refractivity contribution in [1.82, 2.24) is 4.90 Å². The highest BCUT2D eigenvalue weighted by atomic mass is 16.5. The van der Waals surface area contributed by atoms with E-state index in [0.717, 1.165) is 45.7 Å². The van der Waals surface area contributed by atoms with Crippen molar-refractivity contribution in [3.05, 3.63) is 142 Å². The zero-order chi connectivity index (χ0) is 29.0. The van der Waals surface area contributed by atoms with Crippen LogP contribution in [0.3, 0.4) is 0 Å². The quantitative estimate of drug-likeness (QED) is 0.209. The van der Waals surface area contributed by atoms with E-state index in [9.17, 15) is 4.79 Å². The minimum absolute atomic E-state index is 0.0735. The van der Waals surface area contributed by atoms with Crippen molar-refractivity contribution in [3.8, 4) is 33.8 Å². The van der Waals surface area contributed by atoms with Crippen molar-refractivity contribution in [1.29, 1.82) is 0 Å². The Balaban J connectivity index is 1.46. The zero-order valence-electron chi connectivity index (χ0n) is 24.4. The molecular formula is C38H33NO3. The normalized spacial score (nSPS) is 13.3. The highest BCUT2D eigenvalue weighted by Gasteiger charge is 2.41. The standard InChI is InChI=1S/C38H33NO3/c1-23-9-5-7-11-30(23)34-24(2)32-21-27-10-6-8-12-31(27)35(32)36-33(34)22-39(38(36)40)37(25-13-17-28(41-3)18-14-25)26-15-19-29(42-4)20-16-26/h5-20,37H,21-22H2,1-4H3. The van der Waals surface area contributed by atoms with Gasteiger partial charge in [0, 0.05) is 6.54 Å². The maximum Gasteiger partial charge on any atom is 0.255 e. The molecule has 4 nitrogen and oxygen atoms in total. The second kappa shape index (κ2) is 10.2. The number of hydrogen-bond acceptors (Lipinski definition) is 3. The summed E-state index contributed by atoms with van der Waals surface area (Å²) >= 11 is 0. The predicted octanol–water partition coefficient (Wildman–Crippen LogP) is 8.30. The van der Waals surface area contributed by atoms with E-state index in [4.69, 9.17) is 9.47 Å². The van der Waals surface area contributed by atoms with Gasteiger partial charge in [-0.05, 0) is 106 Å². The summed E-state index contributed by atoms with van der Waals surface area (Å²) in [7, 11) is 3.34. The smallest absolute Gasteiger partial charge is 0.255 e. The van der Waals surface area contributed by atoms with Crippen LogP contribution in [0.1, 0.15) is 55.3 Å². The molecule has 0 N–H and O–H groups in total. The number of amides is 1. The van der Waals surface area contributed by atoms with Crippen LogP contribution >= 0.6 is 0 Å². The second-order valence-corrected chi connectivity index (χ2v) is 11.2. The second-order valence-electron chi connectivity index (χ2n) is 11.2. The molecule has 0 saturated heterocycles. The molecular weight excluding hydrogens is 518 g/mol. The zero-order valence-corrected chi connectivity index (χ0v) is 24.4. The van der Waals surface area contributed by atoms with E-state index in [2.05, 4.69) is 91.5 Å². The molecule has 1 heterocycles. The number of ether oxygens (including phenoxy) is 2. The lowest BCUT2D eigenvalue weighted by molar-refractivity contribution is 0.0731. The molecule has 0 unspecified atom stereocenters. The van der Waals surface area contributed by atoms with Gasteiger partial charge in [-0.3, -0.25) is 4.79 Å². The average Bonchev–Trinajstić information content (AvgIpc) is 3.57. The number of aryl methyl sites for hydroxylation is 1. The third-order valence-electron chi connectivity index (χ3n) is 9.03. The maximum atomic E-state index is 14.9. The lowest BCUT2D eigenvalue weighted by Crippen LogP contribution is -2.30. The molecule has 0 fully saturated rings. The first-order valence-corrected chi connectivity index (χ1v) is 14.4. The summed E-state index contributed by atoms with van der Waals surface area (Å²) in [5, 5.41) is 0. The molecule has 0 atom stereocenters. The van der Waals surface area contributed by atoms with Gasteiger partial charge in [-0.2, -0.15) is 0 Å². The summed E-state index contributed by atoms with van der Waals surface area (Å²) < 4.78 is 10.9. The molecule has 0 spiro atoms. The van der Waals surface area contributed by atoms with Gasteiger partial charge in [0.25, 0.3) is 5.91 Å². The van der Waals surface area contributed by atoms with Gasteiger partial charge in [0.1, 0.15) is 11.5 Å². The van der Waals surface area contributed by atoms with E-state index in [1.54, 1.807) is 14.2 Å². The molecule has 0 aromatic heterocycles. The first kappa shape index (κ1) is 26.1. The van der Waals surface area contributed by atoms with Gasteiger partial charge in [-0.25, -0.2) is 0 Å². The van der Waals surface area contributed by atoms with E-state index in [1.807, 2.05) is 24.3 Å². The molecule has 42 heavy (non-hydrogen) atoms. The van der Waals surface area contributed by atoms with Crippen molar-refractivity contribution < 1.29 is 14.3 Å². The maximum absolute atomic E-state index is 14.9. The van der Waals surface area contributed by atoms with E-state index in [-0.39, 0.29) is 11.9 Å². The average molecular weight is 552 g/mol. The molecule has 5 aromatic carbocycles. The van der Waals surface area contributed by atoms with Gasteiger partial charge in [-0.1, -0.05) is 72.8 Å². The van der Waals surface area contributed by atoms with Crippen LogP contribution in [-0.2, 0) is 13.0 Å². The van der Waals surface area contributed by atoms with E-state index < -0.39 is 0 Å². The summed E-state index contributed by atoms with van der Waals surface area (Å²) in [5.74, 6) is 1.65. The fourth-order valence-corrected chi connectivity index (χ4v) is 6.95. The van der Waals surface area contributed by atoms with Crippen molar-refractivity contribution in [2.75, 3.05) is 14.2 Å². The van der Waals surface area contributed by atoms with Gasteiger partial charge in [0.15, 0.2) is 0 Å². The monoisotopic (exact) mass is 551 g/mol. The van der Waals surface area contributed by atoms with Crippen molar-refractivity contribution in [3.63, 3.8) is 0 Å². The van der Waals surface area contributed by atoms with Crippen molar-refractivity contribution >= 4 is 5.91 Å². The summed E-state index contributed by atoms with van der Waals surface area (Å²) in [6.07, 6.45) is 0.844. The number of hydrogen-bond donors (Lipinski definition) is 0. The third-order valence-corrected chi connectivity index (χ3v) is 9.03. The minimum Gasteiger partial charge on any atom is -0.497 e. The van der Waals surface area contributed by atoms with E-state index in [0.29, 0.717) is 6.54 Å². The van der Waals surface area contributed by atoms with Crippen LogP contribution in [0.15, 0.2) is 97.1 Å². The Labute approximate surface area is 247 Å². The molecule has 4 heteroatoms. The third kappa shape index (κ3) is 4.01. The fraction of sp³-hybridized carbons (Fsp3) is 0.184. The molecule has 1 amide bonds. The summed E-state index contributed by atoms with van der Waals surface area (Å²) in [5.41, 5.74) is 13.8. The Morgan fingerprint density at radius 3 is 1.81 bits per heavy atom. The molecule has 0 saturated carbocycles. The Kier molecular flexibility index (Phi) is 6.35. The molecule has 7 rings (SSSR count). The summed E-state index contributed by atoms with van der Waals surface area (Å²) in [6, 6.07) is 33.0. The molecule has 0 radical (unpaired) electrons. The SMILES string of the molecule is COc1ccc(C(c2ccc(OC)cc2)N2Cc3c(c4c(c(C)c3-c3ccccc3C)Cc3ccccc3-4)C2=O)cc1. The van der Waals surface area contributed by atoms with Gasteiger partial charge in [0.05, 0.1) is 25.8 Å². The van der Waals surface area contributed by atoms with Crippen molar-refractivity contribution in [2.45, 2.75) is 32.9 Å². The topological polar surface area (TPSA) is 38.8 Å². The lowest BCUT2D eigenvalue weighted by atomic mass is 9.84. The fourth-order valence-electron chi connectivity index (χ4n) is 6.95. The van der Waals surface area contributed by atoms with Crippen LogP contribution in [0.5, 0.6) is 11.5 Å². The van der Waals surface area contributed by atoms with Crippen LogP contribution in [0.25, 0.3) is 22.3 Å². The number of carbonyl (C=O) groups is 1. The number of nitrogens with zero attached hydrogens (tertiary/aromatic N) is 1. The van der Waals surface area contributed by atoms with Crippen LogP contribution in [0, 0.1) is 13.8 Å². The summed E-state index contributed by atoms with van der Waals surface area (Å²) in [6.45, 7) is 4.93. The number of benzene rings is 5. The van der Waals surface area contributed by atoms with Crippen LogP contribution in [0.4, 0.5) is 0 Å². The van der Waals surface area contributed by atoms with Gasteiger partial charge < -0.3 is 14.4 Å². The Hall–Kier alpha value is -4.83. The Morgan fingerprint density at radius 1 is 0.643 bits per heavy atom. The van der Waals surface area contributed by atoms with E-state index in [1.165, 1.54) is 38.9 Å². The number of fused-ring (bicyclic) bond motifs is 5. The summed E-state index contributed by atoms with van der Waals surface area (Å²) in [4.78, 5) is 16.9. The van der Waals surface area contributed by atoms with Crippen LogP contribution in [-0.4, -0.2) is 25.0 Å². The van der Waals surface area contributed by atoms with Gasteiger partial charge >= 0.3 is 0 Å². The minimum atomic E-state index is -0.279. The first-order chi connectivity index (χ1) is 20.5. The lowest BCUT2D eigenvalue weighted by Gasteiger charge is -2.29. The molecule has 1 aliphatic heterocycles. The van der Waals surface area contributed by atoms with Gasteiger partial charge in [-0.15, -0.1) is 0 Å². The molecule has 1 aliphatic carbocycles. The molecule has 2 aliphatic rings.